The zero-order chi connectivity index (χ0) is 15.1. The normalized spacial score (nSPS) is 25.0. The van der Waals surface area contributed by atoms with E-state index < -0.39 is 0 Å². The number of halogens is 1. The summed E-state index contributed by atoms with van der Waals surface area (Å²) < 4.78 is 10.9. The molecule has 0 amide bonds. The zero-order valence-electron chi connectivity index (χ0n) is 14.1. The van der Waals surface area contributed by atoms with Gasteiger partial charge in [-0.2, -0.15) is 0 Å². The summed E-state index contributed by atoms with van der Waals surface area (Å²) in [6.45, 7) is 6.56. The predicted molar refractivity (Wildman–Crippen MR) is 100 cm³/mol. The molecule has 2 heterocycles. The molecule has 0 bridgehead atoms. The number of aliphatic imine (C=N–C) groups is 1. The van der Waals surface area contributed by atoms with Crippen molar-refractivity contribution >= 4 is 29.9 Å². The lowest BCUT2D eigenvalue weighted by Crippen LogP contribution is -2.52. The lowest BCUT2D eigenvalue weighted by Gasteiger charge is -2.36. The molecule has 1 atom stereocenters. The monoisotopic (exact) mass is 426 g/mol. The van der Waals surface area contributed by atoms with E-state index in [9.17, 15) is 0 Å². The van der Waals surface area contributed by atoms with Gasteiger partial charge in [0.05, 0.1) is 19.3 Å². The summed E-state index contributed by atoms with van der Waals surface area (Å²) in [5.74, 6) is 1.76. The number of morpholine rings is 1. The summed E-state index contributed by atoms with van der Waals surface area (Å²) in [4.78, 5) is 9.12. The van der Waals surface area contributed by atoms with E-state index in [1.54, 1.807) is 7.11 Å². The quantitative estimate of drug-likeness (QED) is 0.411. The van der Waals surface area contributed by atoms with Gasteiger partial charge in [-0.05, 0) is 38.9 Å². The Morgan fingerprint density at radius 3 is 2.68 bits per heavy atom. The van der Waals surface area contributed by atoms with Crippen molar-refractivity contribution in [2.24, 2.45) is 10.9 Å². The molecule has 7 heteroatoms. The van der Waals surface area contributed by atoms with Crippen LogP contribution in [0.1, 0.15) is 12.8 Å². The van der Waals surface area contributed by atoms with Crippen molar-refractivity contribution in [1.82, 2.24) is 15.1 Å². The van der Waals surface area contributed by atoms with Gasteiger partial charge in [-0.15, -0.1) is 24.0 Å². The first-order valence-corrected chi connectivity index (χ1v) is 7.97. The first-order chi connectivity index (χ1) is 10.2. The summed E-state index contributed by atoms with van der Waals surface area (Å²) in [5.41, 5.74) is 0. The Kier molecular flexibility index (Phi) is 9.62. The first kappa shape index (κ1) is 19.9. The Morgan fingerprint density at radius 1 is 1.32 bits per heavy atom. The van der Waals surface area contributed by atoms with Crippen LogP contribution in [-0.2, 0) is 9.47 Å². The van der Waals surface area contributed by atoms with Crippen molar-refractivity contribution in [3.05, 3.63) is 0 Å². The number of hydrogen-bond acceptors (Lipinski definition) is 4. The van der Waals surface area contributed by atoms with Crippen LogP contribution in [0.2, 0.25) is 0 Å². The Morgan fingerprint density at radius 2 is 2.05 bits per heavy atom. The minimum absolute atomic E-state index is 0. The molecular formula is C15H31IN4O2. The fourth-order valence-electron chi connectivity index (χ4n) is 3.03. The van der Waals surface area contributed by atoms with Crippen LogP contribution in [0, 0.1) is 5.92 Å². The highest BCUT2D eigenvalue weighted by atomic mass is 127. The van der Waals surface area contributed by atoms with E-state index in [1.165, 1.54) is 25.9 Å². The van der Waals surface area contributed by atoms with Gasteiger partial charge in [0.2, 0.25) is 0 Å². The van der Waals surface area contributed by atoms with Gasteiger partial charge in [-0.3, -0.25) is 4.99 Å². The number of rotatable bonds is 4. The second-order valence-electron chi connectivity index (χ2n) is 6.07. The Bertz CT molecular complexity index is 334. The lowest BCUT2D eigenvalue weighted by molar-refractivity contribution is -0.0447. The van der Waals surface area contributed by atoms with Crippen molar-refractivity contribution in [2.45, 2.75) is 18.9 Å². The molecule has 2 aliphatic heterocycles. The maximum absolute atomic E-state index is 5.69. The van der Waals surface area contributed by atoms with Gasteiger partial charge in [-0.1, -0.05) is 0 Å². The molecule has 0 saturated carbocycles. The fraction of sp³-hybridized carbons (Fsp3) is 0.933. The SMILES string of the molecule is CN=C(NCC1CCN(C)CC1)N1CCOC(COC)C1.I. The van der Waals surface area contributed by atoms with E-state index in [1.807, 2.05) is 7.05 Å². The second kappa shape index (κ2) is 10.6. The van der Waals surface area contributed by atoms with Crippen LogP contribution in [0.4, 0.5) is 0 Å². The van der Waals surface area contributed by atoms with Gasteiger partial charge in [0, 0.05) is 33.8 Å². The van der Waals surface area contributed by atoms with Crippen LogP contribution >= 0.6 is 24.0 Å². The lowest BCUT2D eigenvalue weighted by atomic mass is 9.97. The van der Waals surface area contributed by atoms with Crippen molar-refractivity contribution < 1.29 is 9.47 Å². The number of likely N-dealkylation sites (tertiary alicyclic amines) is 1. The molecule has 2 fully saturated rings. The minimum atomic E-state index is 0. The highest BCUT2D eigenvalue weighted by molar-refractivity contribution is 14.0. The summed E-state index contributed by atoms with van der Waals surface area (Å²) in [7, 11) is 5.78. The van der Waals surface area contributed by atoms with Gasteiger partial charge in [0.15, 0.2) is 5.96 Å². The number of ether oxygens (including phenoxy) is 2. The maximum atomic E-state index is 5.69. The summed E-state index contributed by atoms with van der Waals surface area (Å²) in [6, 6.07) is 0. The molecular weight excluding hydrogens is 395 g/mol. The predicted octanol–water partition coefficient (Wildman–Crippen LogP) is 0.869. The Labute approximate surface area is 151 Å². The van der Waals surface area contributed by atoms with E-state index in [4.69, 9.17) is 9.47 Å². The van der Waals surface area contributed by atoms with Crippen molar-refractivity contribution in [3.8, 4) is 0 Å². The molecule has 0 aromatic rings. The Hall–Kier alpha value is -0.120. The van der Waals surface area contributed by atoms with Crippen LogP contribution in [0.3, 0.4) is 0 Å². The third-order valence-corrected chi connectivity index (χ3v) is 4.39. The van der Waals surface area contributed by atoms with Crippen molar-refractivity contribution in [3.63, 3.8) is 0 Å². The number of methoxy groups -OCH3 is 1. The highest BCUT2D eigenvalue weighted by Crippen LogP contribution is 2.15. The van der Waals surface area contributed by atoms with Crippen LogP contribution in [0.15, 0.2) is 4.99 Å². The summed E-state index contributed by atoms with van der Waals surface area (Å²) >= 11 is 0. The highest BCUT2D eigenvalue weighted by Gasteiger charge is 2.23. The molecule has 22 heavy (non-hydrogen) atoms. The number of nitrogens with one attached hydrogen (secondary N) is 1. The molecule has 0 spiro atoms. The number of piperidine rings is 1. The van der Waals surface area contributed by atoms with E-state index in [2.05, 4.69) is 27.2 Å². The van der Waals surface area contributed by atoms with E-state index in [0.29, 0.717) is 6.61 Å². The topological polar surface area (TPSA) is 49.3 Å². The molecule has 130 valence electrons. The van der Waals surface area contributed by atoms with Crippen LogP contribution in [0.5, 0.6) is 0 Å². The molecule has 2 rings (SSSR count). The van der Waals surface area contributed by atoms with Gasteiger partial charge in [-0.25, -0.2) is 0 Å². The molecule has 0 aliphatic carbocycles. The van der Waals surface area contributed by atoms with Crippen LogP contribution < -0.4 is 5.32 Å². The van der Waals surface area contributed by atoms with E-state index in [0.717, 1.165) is 38.1 Å². The summed E-state index contributed by atoms with van der Waals surface area (Å²) in [6.07, 6.45) is 2.69. The van der Waals surface area contributed by atoms with Gasteiger partial charge < -0.3 is 24.6 Å². The maximum Gasteiger partial charge on any atom is 0.193 e. The van der Waals surface area contributed by atoms with Crippen LogP contribution in [-0.4, -0.2) is 89.0 Å². The fourth-order valence-corrected chi connectivity index (χ4v) is 3.03. The molecule has 6 nitrogen and oxygen atoms in total. The van der Waals surface area contributed by atoms with Gasteiger partial charge >= 0.3 is 0 Å². The molecule has 1 unspecified atom stereocenters. The summed E-state index contributed by atoms with van der Waals surface area (Å²) in [5, 5.41) is 3.55. The average molecular weight is 426 g/mol. The van der Waals surface area contributed by atoms with Crippen LogP contribution in [0.25, 0.3) is 0 Å². The van der Waals surface area contributed by atoms with Gasteiger partial charge in [0.1, 0.15) is 0 Å². The number of hydrogen-bond donors (Lipinski definition) is 1. The first-order valence-electron chi connectivity index (χ1n) is 7.97. The Balaban J connectivity index is 0.00000242. The average Bonchev–Trinajstić information content (AvgIpc) is 2.50. The van der Waals surface area contributed by atoms with Gasteiger partial charge in [0.25, 0.3) is 0 Å². The standard InChI is InChI=1S/C15H30N4O2.HI/c1-16-15(17-10-13-4-6-18(2)7-5-13)19-8-9-21-14(11-19)12-20-3;/h13-14H,4-12H2,1-3H3,(H,16,17);1H. The molecule has 0 radical (unpaired) electrons. The second-order valence-corrected chi connectivity index (χ2v) is 6.07. The molecule has 0 aromatic heterocycles. The zero-order valence-corrected chi connectivity index (χ0v) is 16.4. The smallest absolute Gasteiger partial charge is 0.193 e. The van der Waals surface area contributed by atoms with Crippen molar-refractivity contribution in [2.75, 3.05) is 67.1 Å². The van der Waals surface area contributed by atoms with E-state index >= 15 is 0 Å². The molecule has 2 aliphatic rings. The largest absolute Gasteiger partial charge is 0.382 e. The molecule has 2 saturated heterocycles. The van der Waals surface area contributed by atoms with Crippen molar-refractivity contribution in [1.29, 1.82) is 0 Å². The molecule has 1 N–H and O–H groups in total. The third-order valence-electron chi connectivity index (χ3n) is 4.39. The minimum Gasteiger partial charge on any atom is -0.382 e. The third kappa shape index (κ3) is 6.17. The van der Waals surface area contributed by atoms with E-state index in [-0.39, 0.29) is 30.1 Å². The molecule has 0 aromatic carbocycles. The number of nitrogens with zero attached hydrogens (tertiary/aromatic N) is 3. The number of guanidine groups is 1.